The zero-order valence-electron chi connectivity index (χ0n) is 11.8. The van der Waals surface area contributed by atoms with Crippen molar-refractivity contribution in [1.82, 2.24) is 9.80 Å². The molecule has 19 heavy (non-hydrogen) atoms. The van der Waals surface area contributed by atoms with Gasteiger partial charge in [-0.3, -0.25) is 4.90 Å². The van der Waals surface area contributed by atoms with E-state index in [1.807, 2.05) is 12.1 Å². The fraction of sp³-hybridized carbons (Fsp3) is 0.600. The van der Waals surface area contributed by atoms with Crippen LogP contribution in [0.4, 0.5) is 0 Å². The second-order valence-electron chi connectivity index (χ2n) is 5.41. The van der Waals surface area contributed by atoms with Crippen LogP contribution in [0, 0.1) is 0 Å². The van der Waals surface area contributed by atoms with E-state index in [0.717, 1.165) is 23.1 Å². The molecule has 1 unspecified atom stereocenters. The summed E-state index contributed by atoms with van der Waals surface area (Å²) in [6.07, 6.45) is 2.68. The molecular weight excluding hydrogens is 304 g/mol. The number of hydrogen-bond donors (Lipinski definition) is 1. The van der Waals surface area contributed by atoms with Gasteiger partial charge in [0, 0.05) is 29.2 Å². The number of nitrogens with zero attached hydrogens (tertiary/aromatic N) is 2. The Balaban J connectivity index is 1.93. The molecule has 0 aromatic heterocycles. The number of aromatic hydroxyl groups is 1. The molecule has 106 valence electrons. The van der Waals surface area contributed by atoms with Gasteiger partial charge in [-0.05, 0) is 58.1 Å². The maximum absolute atomic E-state index is 9.98. The Labute approximate surface area is 124 Å². The SMILES string of the molecule is CC(c1cc(Br)ccc1O)N(C)CCN1CCCC1. The molecule has 1 fully saturated rings. The van der Waals surface area contributed by atoms with Crippen LogP contribution in [0.1, 0.15) is 31.4 Å². The van der Waals surface area contributed by atoms with E-state index in [9.17, 15) is 5.11 Å². The van der Waals surface area contributed by atoms with E-state index in [0.29, 0.717) is 5.75 Å². The average Bonchev–Trinajstić information content (AvgIpc) is 2.91. The lowest BCUT2D eigenvalue weighted by Crippen LogP contribution is -2.33. The van der Waals surface area contributed by atoms with Gasteiger partial charge in [-0.1, -0.05) is 15.9 Å². The molecule has 2 rings (SSSR count). The van der Waals surface area contributed by atoms with Crippen molar-refractivity contribution < 1.29 is 5.11 Å². The van der Waals surface area contributed by atoms with E-state index in [2.05, 4.69) is 39.7 Å². The first-order chi connectivity index (χ1) is 9.08. The third kappa shape index (κ3) is 3.94. The summed E-state index contributed by atoms with van der Waals surface area (Å²) in [6, 6.07) is 5.85. The Morgan fingerprint density at radius 3 is 2.74 bits per heavy atom. The molecule has 1 aliphatic rings. The molecule has 0 aliphatic carbocycles. The summed E-state index contributed by atoms with van der Waals surface area (Å²) in [5.74, 6) is 0.378. The highest BCUT2D eigenvalue weighted by molar-refractivity contribution is 9.10. The van der Waals surface area contributed by atoms with Gasteiger partial charge in [-0.15, -0.1) is 0 Å². The predicted molar refractivity (Wildman–Crippen MR) is 82.5 cm³/mol. The van der Waals surface area contributed by atoms with Gasteiger partial charge < -0.3 is 10.0 Å². The smallest absolute Gasteiger partial charge is 0.120 e. The second kappa shape index (κ2) is 6.73. The first-order valence-corrected chi connectivity index (χ1v) is 7.78. The van der Waals surface area contributed by atoms with Crippen LogP contribution in [0.3, 0.4) is 0 Å². The van der Waals surface area contributed by atoms with Gasteiger partial charge in [0.2, 0.25) is 0 Å². The zero-order valence-corrected chi connectivity index (χ0v) is 13.4. The van der Waals surface area contributed by atoms with E-state index >= 15 is 0 Å². The molecule has 1 aromatic rings. The lowest BCUT2D eigenvalue weighted by molar-refractivity contribution is 0.214. The van der Waals surface area contributed by atoms with Gasteiger partial charge in [0.1, 0.15) is 5.75 Å². The minimum absolute atomic E-state index is 0.222. The molecule has 0 radical (unpaired) electrons. The van der Waals surface area contributed by atoms with Gasteiger partial charge in [-0.25, -0.2) is 0 Å². The predicted octanol–water partition coefficient (Wildman–Crippen LogP) is 3.24. The molecule has 4 heteroatoms. The van der Waals surface area contributed by atoms with Crippen molar-refractivity contribution in [2.75, 3.05) is 33.2 Å². The highest BCUT2D eigenvalue weighted by Gasteiger charge is 2.17. The Hall–Kier alpha value is -0.580. The van der Waals surface area contributed by atoms with Gasteiger partial charge in [0.15, 0.2) is 0 Å². The zero-order chi connectivity index (χ0) is 13.8. The molecule has 1 aliphatic heterocycles. The van der Waals surface area contributed by atoms with Crippen molar-refractivity contribution in [3.8, 4) is 5.75 Å². The molecule has 1 N–H and O–H groups in total. The summed E-state index contributed by atoms with van der Waals surface area (Å²) >= 11 is 3.47. The summed E-state index contributed by atoms with van der Waals surface area (Å²) < 4.78 is 1.01. The van der Waals surface area contributed by atoms with Crippen molar-refractivity contribution in [2.45, 2.75) is 25.8 Å². The topological polar surface area (TPSA) is 26.7 Å². The Morgan fingerprint density at radius 2 is 2.05 bits per heavy atom. The average molecular weight is 327 g/mol. The van der Waals surface area contributed by atoms with Crippen LogP contribution in [-0.4, -0.2) is 48.1 Å². The summed E-state index contributed by atoms with van der Waals surface area (Å²) in [5.41, 5.74) is 0.985. The summed E-state index contributed by atoms with van der Waals surface area (Å²) in [6.45, 7) is 6.78. The maximum Gasteiger partial charge on any atom is 0.120 e. The number of halogens is 1. The second-order valence-corrected chi connectivity index (χ2v) is 6.32. The molecule has 0 saturated carbocycles. The van der Waals surface area contributed by atoms with E-state index in [1.165, 1.54) is 25.9 Å². The number of likely N-dealkylation sites (N-methyl/N-ethyl adjacent to an activating group) is 1. The van der Waals surface area contributed by atoms with Gasteiger partial charge in [0.25, 0.3) is 0 Å². The minimum Gasteiger partial charge on any atom is -0.508 e. The van der Waals surface area contributed by atoms with Crippen LogP contribution in [-0.2, 0) is 0 Å². The van der Waals surface area contributed by atoms with Crippen molar-refractivity contribution in [3.05, 3.63) is 28.2 Å². The van der Waals surface area contributed by atoms with E-state index in [4.69, 9.17) is 0 Å². The molecule has 1 saturated heterocycles. The molecule has 3 nitrogen and oxygen atoms in total. The molecule has 1 atom stereocenters. The summed E-state index contributed by atoms with van der Waals surface area (Å²) in [7, 11) is 2.13. The van der Waals surface area contributed by atoms with Crippen LogP contribution in [0.15, 0.2) is 22.7 Å². The number of likely N-dealkylation sites (tertiary alicyclic amines) is 1. The monoisotopic (exact) mass is 326 g/mol. The van der Waals surface area contributed by atoms with Crippen LogP contribution >= 0.6 is 15.9 Å². The lowest BCUT2D eigenvalue weighted by Gasteiger charge is -2.27. The lowest BCUT2D eigenvalue weighted by atomic mass is 10.1. The molecule has 1 heterocycles. The van der Waals surface area contributed by atoms with Crippen molar-refractivity contribution >= 4 is 15.9 Å². The van der Waals surface area contributed by atoms with Crippen LogP contribution in [0.5, 0.6) is 5.75 Å². The number of rotatable bonds is 5. The Bertz CT molecular complexity index is 419. The summed E-state index contributed by atoms with van der Waals surface area (Å²) in [5, 5.41) is 9.98. The van der Waals surface area contributed by atoms with Gasteiger partial charge in [0.05, 0.1) is 0 Å². The molecule has 0 bridgehead atoms. The van der Waals surface area contributed by atoms with Gasteiger partial charge in [-0.2, -0.15) is 0 Å². The molecule has 1 aromatic carbocycles. The third-order valence-corrected chi connectivity index (χ3v) is 4.56. The number of benzene rings is 1. The number of phenolic OH excluding ortho intramolecular Hbond substituents is 1. The molecule has 0 spiro atoms. The quantitative estimate of drug-likeness (QED) is 0.899. The van der Waals surface area contributed by atoms with E-state index in [-0.39, 0.29) is 6.04 Å². The first-order valence-electron chi connectivity index (χ1n) is 6.99. The summed E-state index contributed by atoms with van der Waals surface area (Å²) in [4.78, 5) is 4.82. The third-order valence-electron chi connectivity index (χ3n) is 4.07. The Kier molecular flexibility index (Phi) is 5.25. The molecule has 0 amide bonds. The number of hydrogen-bond acceptors (Lipinski definition) is 3. The Morgan fingerprint density at radius 1 is 1.37 bits per heavy atom. The standard InChI is InChI=1S/C15H23BrN2O/c1-12(14-11-13(16)5-6-15(14)19)17(2)9-10-18-7-3-4-8-18/h5-6,11-12,19H,3-4,7-10H2,1-2H3. The van der Waals surface area contributed by atoms with Crippen molar-refractivity contribution in [3.63, 3.8) is 0 Å². The largest absolute Gasteiger partial charge is 0.508 e. The highest BCUT2D eigenvalue weighted by Crippen LogP contribution is 2.30. The minimum atomic E-state index is 0.222. The van der Waals surface area contributed by atoms with Crippen LogP contribution in [0.25, 0.3) is 0 Å². The van der Waals surface area contributed by atoms with Crippen molar-refractivity contribution in [2.24, 2.45) is 0 Å². The fourth-order valence-electron chi connectivity index (χ4n) is 2.60. The molecular formula is C15H23BrN2O. The van der Waals surface area contributed by atoms with Crippen molar-refractivity contribution in [1.29, 1.82) is 0 Å². The van der Waals surface area contributed by atoms with E-state index < -0.39 is 0 Å². The van der Waals surface area contributed by atoms with Gasteiger partial charge >= 0.3 is 0 Å². The number of phenols is 1. The fourth-order valence-corrected chi connectivity index (χ4v) is 2.98. The normalized spacial score (nSPS) is 18.1. The van der Waals surface area contributed by atoms with E-state index in [1.54, 1.807) is 6.07 Å². The van der Waals surface area contributed by atoms with Crippen LogP contribution < -0.4 is 0 Å². The highest BCUT2D eigenvalue weighted by atomic mass is 79.9. The van der Waals surface area contributed by atoms with Crippen LogP contribution in [0.2, 0.25) is 0 Å². The first kappa shape index (κ1) is 14.8. The maximum atomic E-state index is 9.98.